The lowest BCUT2D eigenvalue weighted by molar-refractivity contribution is -0.384. The Kier molecular flexibility index (Phi) is 9.41. The average Bonchev–Trinajstić information content (AvgIpc) is 2.42. The molecule has 0 aliphatic carbocycles. The summed E-state index contributed by atoms with van der Waals surface area (Å²) in [4.78, 5) is 9.59. The quantitative estimate of drug-likeness (QED) is 0.570. The Bertz CT molecular complexity index is 510. The number of nitro groups is 1. The summed E-state index contributed by atoms with van der Waals surface area (Å²) in [7, 11) is 0. The molecule has 2 rings (SSSR count). The number of rotatable bonds is 1. The summed E-state index contributed by atoms with van der Waals surface area (Å²) in [6.45, 7) is 1.43. The van der Waals surface area contributed by atoms with E-state index in [0.29, 0.717) is 0 Å². The van der Waals surface area contributed by atoms with Gasteiger partial charge in [-0.2, -0.15) is 5.26 Å². The lowest BCUT2D eigenvalue weighted by atomic mass is 10.3. The van der Waals surface area contributed by atoms with Crippen LogP contribution in [0.1, 0.15) is 6.92 Å². The highest BCUT2D eigenvalue weighted by Crippen LogP contribution is 2.06. The molecule has 0 atom stereocenters. The Morgan fingerprint density at radius 1 is 1.05 bits per heavy atom. The number of nitrogens with zero attached hydrogens (tertiary/aromatic N) is 2. The third kappa shape index (κ3) is 9.33. The van der Waals surface area contributed by atoms with Crippen molar-refractivity contribution >= 4 is 17.3 Å². The highest BCUT2D eigenvalue weighted by atomic mass is 35.5. The SMILES string of the molecule is CC#N.Clc1ccccc1.O=[N+]([O-])c1ccccc1. The van der Waals surface area contributed by atoms with Crippen LogP contribution in [0, 0.1) is 21.4 Å². The molecule has 0 unspecified atom stereocenters. The van der Waals surface area contributed by atoms with Crippen LogP contribution in [0.4, 0.5) is 5.69 Å². The Morgan fingerprint density at radius 3 is 1.63 bits per heavy atom. The molecular formula is C14H13ClN2O2. The zero-order chi connectivity index (χ0) is 14.5. The van der Waals surface area contributed by atoms with Gasteiger partial charge in [0.25, 0.3) is 5.69 Å². The Hall–Kier alpha value is -2.38. The number of nitro benzene ring substituents is 1. The summed E-state index contributed by atoms with van der Waals surface area (Å²) < 4.78 is 0. The first kappa shape index (κ1) is 16.6. The predicted octanol–water partition coefficient (Wildman–Crippen LogP) is 4.46. The standard InChI is InChI=1S/C6H5Cl.C6H5NO2.C2H3N/c7-6-4-2-1-3-5-6;8-7(9)6-4-2-1-3-5-6;1-2-3/h1-5H;1-5H;1H3. The van der Waals surface area contributed by atoms with E-state index in [-0.39, 0.29) is 5.69 Å². The van der Waals surface area contributed by atoms with Gasteiger partial charge in [-0.25, -0.2) is 0 Å². The van der Waals surface area contributed by atoms with Crippen molar-refractivity contribution in [1.29, 1.82) is 5.26 Å². The molecule has 0 bridgehead atoms. The summed E-state index contributed by atoms with van der Waals surface area (Å²) in [6.07, 6.45) is 0. The van der Waals surface area contributed by atoms with Crippen molar-refractivity contribution in [3.63, 3.8) is 0 Å². The van der Waals surface area contributed by atoms with Crippen LogP contribution in [0.3, 0.4) is 0 Å². The van der Waals surface area contributed by atoms with Crippen LogP contribution >= 0.6 is 11.6 Å². The minimum absolute atomic E-state index is 0.137. The largest absolute Gasteiger partial charge is 0.269 e. The number of halogens is 1. The normalized spacial score (nSPS) is 7.84. The topological polar surface area (TPSA) is 66.9 Å². The van der Waals surface area contributed by atoms with E-state index in [1.54, 1.807) is 24.3 Å². The zero-order valence-corrected chi connectivity index (χ0v) is 11.1. The van der Waals surface area contributed by atoms with Gasteiger partial charge in [0.2, 0.25) is 0 Å². The van der Waals surface area contributed by atoms with Crippen LogP contribution in [0.15, 0.2) is 60.7 Å². The number of hydrogen-bond donors (Lipinski definition) is 0. The van der Waals surface area contributed by atoms with Crippen LogP contribution in [0.2, 0.25) is 5.02 Å². The maximum atomic E-state index is 10.0. The summed E-state index contributed by atoms with van der Waals surface area (Å²) in [5, 5.41) is 18.1. The second kappa shape index (κ2) is 10.8. The Morgan fingerprint density at radius 2 is 1.42 bits per heavy atom. The fourth-order valence-electron chi connectivity index (χ4n) is 0.964. The molecule has 0 N–H and O–H groups in total. The van der Waals surface area contributed by atoms with Gasteiger partial charge in [0.05, 0.1) is 11.0 Å². The number of benzene rings is 2. The molecule has 2 aromatic carbocycles. The molecule has 0 aliphatic rings. The number of non-ortho nitro benzene ring substituents is 1. The molecule has 2 aromatic rings. The maximum absolute atomic E-state index is 10.0. The van der Waals surface area contributed by atoms with Gasteiger partial charge in [0.15, 0.2) is 0 Å². The zero-order valence-electron chi connectivity index (χ0n) is 10.4. The van der Waals surface area contributed by atoms with Crippen LogP contribution in [0.25, 0.3) is 0 Å². The van der Waals surface area contributed by atoms with Crippen molar-refractivity contribution < 1.29 is 4.92 Å². The number of para-hydroxylation sites is 1. The van der Waals surface area contributed by atoms with E-state index in [0.717, 1.165) is 5.02 Å². The van der Waals surface area contributed by atoms with Crippen molar-refractivity contribution in [2.45, 2.75) is 6.92 Å². The van der Waals surface area contributed by atoms with E-state index in [1.807, 2.05) is 30.3 Å². The van der Waals surface area contributed by atoms with Gasteiger partial charge in [-0.1, -0.05) is 48.0 Å². The highest BCUT2D eigenvalue weighted by molar-refractivity contribution is 6.30. The van der Waals surface area contributed by atoms with Gasteiger partial charge in [-0.3, -0.25) is 10.1 Å². The highest BCUT2D eigenvalue weighted by Gasteiger charge is 1.98. The van der Waals surface area contributed by atoms with Crippen LogP contribution in [-0.4, -0.2) is 4.92 Å². The second-order valence-corrected chi connectivity index (χ2v) is 3.55. The van der Waals surface area contributed by atoms with Gasteiger partial charge < -0.3 is 0 Å². The van der Waals surface area contributed by atoms with Gasteiger partial charge in [0.1, 0.15) is 0 Å². The van der Waals surface area contributed by atoms with Crippen LogP contribution in [-0.2, 0) is 0 Å². The van der Waals surface area contributed by atoms with Crippen molar-refractivity contribution in [2.24, 2.45) is 0 Å². The molecule has 0 amide bonds. The van der Waals surface area contributed by atoms with Crippen molar-refractivity contribution in [3.8, 4) is 6.07 Å². The number of nitriles is 1. The summed E-state index contributed by atoms with van der Waals surface area (Å²) >= 11 is 5.54. The maximum Gasteiger partial charge on any atom is 0.269 e. The molecular weight excluding hydrogens is 264 g/mol. The summed E-state index contributed by atoms with van der Waals surface area (Å²) in [6, 6.07) is 19.1. The van der Waals surface area contributed by atoms with E-state index in [9.17, 15) is 10.1 Å². The second-order valence-electron chi connectivity index (χ2n) is 3.11. The molecule has 0 heterocycles. The molecule has 0 spiro atoms. The minimum atomic E-state index is -0.417. The number of hydrogen-bond acceptors (Lipinski definition) is 3. The van der Waals surface area contributed by atoms with E-state index < -0.39 is 4.92 Å². The molecule has 0 aromatic heterocycles. The lowest BCUT2D eigenvalue weighted by Gasteiger charge is -1.85. The average molecular weight is 277 g/mol. The van der Waals surface area contributed by atoms with Gasteiger partial charge in [-0.05, 0) is 12.1 Å². The predicted molar refractivity (Wildman–Crippen MR) is 75.8 cm³/mol. The van der Waals surface area contributed by atoms with E-state index in [4.69, 9.17) is 16.9 Å². The first-order valence-electron chi connectivity index (χ1n) is 5.32. The molecule has 19 heavy (non-hydrogen) atoms. The third-order valence-electron chi connectivity index (χ3n) is 1.70. The summed E-state index contributed by atoms with van der Waals surface area (Å²) in [5.74, 6) is 0. The van der Waals surface area contributed by atoms with Crippen molar-refractivity contribution in [1.82, 2.24) is 0 Å². The molecule has 5 heteroatoms. The fraction of sp³-hybridized carbons (Fsp3) is 0.0714. The smallest absolute Gasteiger partial charge is 0.258 e. The van der Waals surface area contributed by atoms with E-state index >= 15 is 0 Å². The fourth-order valence-corrected chi connectivity index (χ4v) is 1.11. The summed E-state index contributed by atoms with van der Waals surface area (Å²) in [5.41, 5.74) is 0.137. The molecule has 4 nitrogen and oxygen atoms in total. The Balaban J connectivity index is 0.000000289. The molecule has 0 saturated heterocycles. The first-order chi connectivity index (χ1) is 9.11. The van der Waals surface area contributed by atoms with Crippen molar-refractivity contribution in [2.75, 3.05) is 0 Å². The molecule has 98 valence electrons. The van der Waals surface area contributed by atoms with Crippen LogP contribution < -0.4 is 0 Å². The molecule has 0 radical (unpaired) electrons. The van der Waals surface area contributed by atoms with Gasteiger partial charge in [0, 0.05) is 24.1 Å². The van der Waals surface area contributed by atoms with E-state index in [2.05, 4.69) is 0 Å². The molecule has 0 saturated carbocycles. The lowest BCUT2D eigenvalue weighted by Crippen LogP contribution is -1.84. The van der Waals surface area contributed by atoms with Crippen molar-refractivity contribution in [3.05, 3.63) is 75.8 Å². The van der Waals surface area contributed by atoms with Gasteiger partial charge >= 0.3 is 0 Å². The van der Waals surface area contributed by atoms with E-state index in [1.165, 1.54) is 19.1 Å². The monoisotopic (exact) mass is 276 g/mol. The molecule has 0 fully saturated rings. The minimum Gasteiger partial charge on any atom is -0.258 e. The molecule has 0 aliphatic heterocycles. The first-order valence-corrected chi connectivity index (χ1v) is 5.70. The van der Waals surface area contributed by atoms with Gasteiger partial charge in [-0.15, -0.1) is 0 Å². The van der Waals surface area contributed by atoms with Crippen LogP contribution in [0.5, 0.6) is 0 Å². The Labute approximate surface area is 117 Å². The third-order valence-corrected chi connectivity index (χ3v) is 1.95.